The van der Waals surface area contributed by atoms with Crippen LogP contribution in [0.5, 0.6) is 34.5 Å². The lowest BCUT2D eigenvalue weighted by Crippen LogP contribution is -2.65. The first-order chi connectivity index (χ1) is 31.5. The fourth-order valence-electron chi connectivity index (χ4n) is 7.37. The minimum Gasteiger partial charge on any atom is -0.508 e. The van der Waals surface area contributed by atoms with Crippen molar-refractivity contribution < 1.29 is 113 Å². The normalized spacial score (nSPS) is 32.6. The van der Waals surface area contributed by atoms with Crippen LogP contribution in [0.25, 0.3) is 28.4 Å². The smallest absolute Gasteiger partial charge is 0.402 e. The second-order valence-corrected chi connectivity index (χ2v) is 15.5. The molecule has 0 radical (unpaired) electrons. The van der Waals surface area contributed by atoms with Crippen molar-refractivity contribution in [1.82, 2.24) is 0 Å². The molecule has 0 bridgehead atoms. The van der Waals surface area contributed by atoms with Crippen molar-refractivity contribution in [1.29, 1.82) is 0 Å². The molecule has 0 spiro atoms. The molecule has 13 N–H and O–H groups in total. The number of aliphatic hydroxyl groups is 10. The van der Waals surface area contributed by atoms with E-state index in [0.717, 1.165) is 18.2 Å². The maximum atomic E-state index is 12.8. The Balaban J connectivity index is 1.29. The van der Waals surface area contributed by atoms with Gasteiger partial charge in [0.2, 0.25) is 18.3 Å². The Morgan fingerprint density at radius 2 is 1.24 bits per heavy atom. The predicted octanol–water partition coefficient (Wildman–Crippen LogP) is -2.05. The molecule has 0 amide bonds. The highest BCUT2D eigenvalue weighted by Gasteiger charge is 2.52. The summed E-state index contributed by atoms with van der Waals surface area (Å²) in [6, 6.07) is 13.3. The van der Waals surface area contributed by atoms with Crippen LogP contribution >= 0.6 is 0 Å². The van der Waals surface area contributed by atoms with Gasteiger partial charge in [-0.05, 0) is 35.9 Å². The fourth-order valence-corrected chi connectivity index (χ4v) is 7.37. The first-order valence-electron chi connectivity index (χ1n) is 20.3. The third-order valence-electron chi connectivity index (χ3n) is 11.1. The highest BCUT2D eigenvalue weighted by Crippen LogP contribution is 2.44. The Morgan fingerprint density at radius 3 is 1.89 bits per heavy atom. The molecule has 0 saturated carbocycles. The van der Waals surface area contributed by atoms with Crippen LogP contribution in [0.4, 0.5) is 0 Å². The van der Waals surface area contributed by atoms with Crippen LogP contribution in [0.3, 0.4) is 0 Å². The van der Waals surface area contributed by atoms with Crippen molar-refractivity contribution in [3.8, 4) is 45.8 Å². The van der Waals surface area contributed by atoms with Gasteiger partial charge in [0.1, 0.15) is 96.4 Å². The van der Waals surface area contributed by atoms with Crippen molar-refractivity contribution in [2.45, 2.75) is 92.1 Å². The van der Waals surface area contributed by atoms with Gasteiger partial charge >= 0.3 is 17.3 Å². The first-order valence-corrected chi connectivity index (χ1v) is 20.3. The van der Waals surface area contributed by atoms with Crippen molar-refractivity contribution in [3.63, 3.8) is 0 Å². The van der Waals surface area contributed by atoms with Crippen molar-refractivity contribution >= 4 is 23.0 Å². The van der Waals surface area contributed by atoms with Gasteiger partial charge in [0.15, 0.2) is 23.9 Å². The van der Waals surface area contributed by atoms with E-state index in [9.17, 15) is 71.2 Å². The topological polar surface area (TPSA) is 365 Å². The lowest BCUT2D eigenvalue weighted by Gasteiger charge is -2.45. The minimum absolute atomic E-state index is 0.00394. The van der Waals surface area contributed by atoms with E-state index >= 15 is 0 Å². The lowest BCUT2D eigenvalue weighted by atomic mass is 9.97. The molecule has 3 aliphatic rings. The quantitative estimate of drug-likeness (QED) is 0.0368. The summed E-state index contributed by atoms with van der Waals surface area (Å²) in [5, 5.41) is 137. The summed E-state index contributed by atoms with van der Waals surface area (Å²) >= 11 is 0. The highest BCUT2D eigenvalue weighted by molar-refractivity contribution is 5.89. The second-order valence-electron chi connectivity index (χ2n) is 15.5. The monoisotopic (exact) mass is 933 g/mol. The molecule has 23 heteroatoms. The maximum absolute atomic E-state index is 12.8. The number of aliphatic hydroxyl groups excluding tert-OH is 10. The zero-order valence-electron chi connectivity index (χ0n) is 34.6. The molecule has 0 aliphatic carbocycles. The number of esters is 1. The van der Waals surface area contributed by atoms with Crippen LogP contribution in [-0.4, -0.2) is 191 Å². The molecular formula is C43H49O23+. The Kier molecular flexibility index (Phi) is 15.1. The van der Waals surface area contributed by atoms with E-state index in [1.807, 2.05) is 0 Å². The SMILES string of the molecule is COc1cc(-c2[o+]c3cc(O)cc(OC4OC(CO)C(O)C(O)C4O)c3cc2OC2OC(COC(=O)C=Cc3ccc(O)cc3)C(O)C(O)C2OC2OC(CO)C(O)C(O)C2O)ccc1O. The van der Waals surface area contributed by atoms with Crippen LogP contribution in [-0.2, 0) is 28.5 Å². The van der Waals surface area contributed by atoms with Gasteiger partial charge in [-0.3, -0.25) is 0 Å². The third-order valence-corrected chi connectivity index (χ3v) is 11.1. The van der Waals surface area contributed by atoms with Crippen molar-refractivity contribution in [2.75, 3.05) is 26.9 Å². The summed E-state index contributed by atoms with van der Waals surface area (Å²) in [5.74, 6) is -2.54. The molecule has 7 rings (SSSR count). The van der Waals surface area contributed by atoms with E-state index in [-0.39, 0.29) is 51.0 Å². The number of ether oxygens (including phenoxy) is 8. The van der Waals surface area contributed by atoms with Crippen LogP contribution in [0, 0.1) is 0 Å². The minimum atomic E-state index is -2.05. The molecule has 15 atom stereocenters. The van der Waals surface area contributed by atoms with Crippen molar-refractivity contribution in [2.24, 2.45) is 0 Å². The summed E-state index contributed by atoms with van der Waals surface area (Å²) in [4.78, 5) is 12.8. The van der Waals surface area contributed by atoms with Crippen LogP contribution in [0.15, 0.2) is 71.2 Å². The molecular weight excluding hydrogens is 884 g/mol. The van der Waals surface area contributed by atoms with E-state index in [0.29, 0.717) is 5.56 Å². The third kappa shape index (κ3) is 10.2. The standard InChI is InChI=1S/C43H48O23/c1-58-25-10-18(5-8-22(25)48)39-26(13-21-23(60-39)11-20(47)12-24(21)61-41-37(56)34(53)31(50)27(14-44)63-41)62-43-40(66-42-38(57)35(54)32(51)28(15-45)64-42)36(55)33(52)29(65-43)16-59-30(49)9-4-17-2-6-19(46)7-3-17/h2-13,27-29,31-38,40-45,50-57H,14-16H2,1H3,(H2-,46,47,48,49)/p+1. The molecule has 4 heterocycles. The molecule has 15 unspecified atom stereocenters. The molecule has 3 saturated heterocycles. The van der Waals surface area contributed by atoms with Gasteiger partial charge in [-0.2, -0.15) is 0 Å². The average molecular weight is 934 g/mol. The zero-order chi connectivity index (χ0) is 47.6. The summed E-state index contributed by atoms with van der Waals surface area (Å²) in [6.07, 6.45) is -24.8. The van der Waals surface area contributed by atoms with Gasteiger partial charge in [0.25, 0.3) is 0 Å². The molecule has 358 valence electrons. The molecule has 3 fully saturated rings. The van der Waals surface area contributed by atoms with Crippen LogP contribution in [0.1, 0.15) is 5.56 Å². The number of carbonyl (C=O) groups is 1. The van der Waals surface area contributed by atoms with Gasteiger partial charge in [0, 0.05) is 24.3 Å². The van der Waals surface area contributed by atoms with E-state index in [2.05, 4.69) is 0 Å². The van der Waals surface area contributed by atoms with Gasteiger partial charge in [-0.25, -0.2) is 9.21 Å². The lowest BCUT2D eigenvalue weighted by molar-refractivity contribution is -0.357. The number of phenolic OH excluding ortho intramolecular Hbond substituents is 3. The Bertz CT molecular complexity index is 2320. The van der Waals surface area contributed by atoms with Crippen LogP contribution < -0.4 is 14.2 Å². The first kappa shape index (κ1) is 48.5. The molecule has 3 aliphatic heterocycles. The molecule has 23 nitrogen and oxygen atoms in total. The Morgan fingerprint density at radius 1 is 0.636 bits per heavy atom. The predicted molar refractivity (Wildman–Crippen MR) is 218 cm³/mol. The summed E-state index contributed by atoms with van der Waals surface area (Å²) < 4.78 is 52.2. The Hall–Kier alpha value is -5.48. The summed E-state index contributed by atoms with van der Waals surface area (Å²) in [7, 11) is 1.27. The van der Waals surface area contributed by atoms with Crippen molar-refractivity contribution in [3.05, 3.63) is 72.3 Å². The molecule has 1 aromatic heterocycles. The van der Waals surface area contributed by atoms with Gasteiger partial charge in [-0.1, -0.05) is 12.1 Å². The number of hydrogen-bond donors (Lipinski definition) is 13. The molecule has 66 heavy (non-hydrogen) atoms. The number of carbonyl (C=O) groups excluding carboxylic acids is 1. The van der Waals surface area contributed by atoms with E-state index < -0.39 is 124 Å². The average Bonchev–Trinajstić information content (AvgIpc) is 3.30. The summed E-state index contributed by atoms with van der Waals surface area (Å²) in [6.45, 7) is -2.36. The molecule has 3 aromatic carbocycles. The summed E-state index contributed by atoms with van der Waals surface area (Å²) in [5.41, 5.74) is 0.522. The number of methoxy groups -OCH3 is 1. The second kappa shape index (κ2) is 20.6. The number of phenols is 3. The molecule has 4 aromatic rings. The fraction of sp³-hybridized carbons (Fsp3) is 0.442. The largest absolute Gasteiger partial charge is 0.508 e. The van der Waals surface area contributed by atoms with Gasteiger partial charge in [0.05, 0.1) is 32.0 Å². The zero-order valence-corrected chi connectivity index (χ0v) is 34.6. The Labute approximate surface area is 373 Å². The number of hydrogen-bond acceptors (Lipinski definition) is 22. The number of benzene rings is 3. The number of aromatic hydroxyl groups is 3. The number of rotatable bonds is 14. The van der Waals surface area contributed by atoms with E-state index in [1.165, 1.54) is 61.7 Å². The van der Waals surface area contributed by atoms with Gasteiger partial charge < -0.3 is 104 Å². The van der Waals surface area contributed by atoms with E-state index in [4.69, 9.17) is 42.3 Å². The maximum Gasteiger partial charge on any atom is 0.402 e. The number of fused-ring (bicyclic) bond motifs is 1. The van der Waals surface area contributed by atoms with Crippen LogP contribution in [0.2, 0.25) is 0 Å². The van der Waals surface area contributed by atoms with E-state index in [1.54, 1.807) is 0 Å². The highest BCUT2D eigenvalue weighted by atomic mass is 16.8. The van der Waals surface area contributed by atoms with Gasteiger partial charge in [-0.15, -0.1) is 0 Å².